The lowest BCUT2D eigenvalue weighted by molar-refractivity contribution is -0.138. The van der Waals surface area contributed by atoms with E-state index in [4.69, 9.17) is 19.8 Å². The van der Waals surface area contributed by atoms with Crippen molar-refractivity contribution < 1.29 is 14.6 Å². The molecule has 29 heavy (non-hydrogen) atoms. The van der Waals surface area contributed by atoms with E-state index < -0.39 is 5.97 Å². The highest BCUT2D eigenvalue weighted by atomic mass is 16.5. The van der Waals surface area contributed by atoms with E-state index in [-0.39, 0.29) is 12.6 Å². The number of likely N-dealkylation sites (N-methyl/N-ethyl adjacent to an activating group) is 1. The number of aliphatic carboxylic acids is 1. The van der Waals surface area contributed by atoms with Crippen LogP contribution in [0.25, 0.3) is 11.0 Å². The molecule has 2 aliphatic rings. The molecule has 0 aliphatic carbocycles. The largest absolute Gasteiger partial charge is 0.480 e. The average Bonchev–Trinajstić information content (AvgIpc) is 2.73. The van der Waals surface area contributed by atoms with Gasteiger partial charge in [-0.25, -0.2) is 9.97 Å². The fourth-order valence-corrected chi connectivity index (χ4v) is 4.18. The van der Waals surface area contributed by atoms with Gasteiger partial charge in [0.25, 0.3) is 0 Å². The van der Waals surface area contributed by atoms with E-state index in [9.17, 15) is 4.79 Å². The first-order valence-electron chi connectivity index (χ1n) is 10.4. The van der Waals surface area contributed by atoms with E-state index in [1.807, 2.05) is 31.3 Å². The van der Waals surface area contributed by atoms with Crippen LogP contribution >= 0.6 is 0 Å². The second kappa shape index (κ2) is 8.92. The average molecular weight is 399 g/mol. The van der Waals surface area contributed by atoms with Crippen LogP contribution in [0.4, 0.5) is 11.6 Å². The summed E-state index contributed by atoms with van der Waals surface area (Å²) in [6, 6.07) is 8.01. The van der Waals surface area contributed by atoms with Crippen LogP contribution in [0.15, 0.2) is 24.3 Å². The van der Waals surface area contributed by atoms with Crippen molar-refractivity contribution in [3.05, 3.63) is 24.3 Å². The Balaban J connectivity index is 1.60. The number of carboxylic acids is 1. The van der Waals surface area contributed by atoms with Gasteiger partial charge in [0.1, 0.15) is 0 Å². The number of hydrogen-bond donors (Lipinski definition) is 1. The van der Waals surface area contributed by atoms with Crippen molar-refractivity contribution in [2.75, 3.05) is 62.7 Å². The third-order valence-corrected chi connectivity index (χ3v) is 5.55. The first kappa shape index (κ1) is 19.8. The molecule has 2 aliphatic heterocycles. The number of carbonyl (C=O) groups is 1. The minimum atomic E-state index is -0.826. The summed E-state index contributed by atoms with van der Waals surface area (Å²) in [5.41, 5.74) is 1.82. The van der Waals surface area contributed by atoms with E-state index in [0.717, 1.165) is 42.3 Å². The molecule has 0 bridgehead atoms. The lowest BCUT2D eigenvalue weighted by Crippen LogP contribution is -2.48. The highest BCUT2D eigenvalue weighted by Crippen LogP contribution is 2.31. The number of carboxylic acid groups (broad SMARTS) is 1. The smallest absolute Gasteiger partial charge is 0.317 e. The molecule has 0 spiro atoms. The fraction of sp³-hybridized carbons (Fsp3) is 0.571. The van der Waals surface area contributed by atoms with Crippen LogP contribution in [0, 0.1) is 0 Å². The van der Waals surface area contributed by atoms with Crippen molar-refractivity contribution in [2.45, 2.75) is 25.4 Å². The van der Waals surface area contributed by atoms with Gasteiger partial charge < -0.3 is 19.6 Å². The van der Waals surface area contributed by atoms with Crippen LogP contribution in [0.2, 0.25) is 0 Å². The number of benzene rings is 1. The van der Waals surface area contributed by atoms with E-state index in [0.29, 0.717) is 19.7 Å². The van der Waals surface area contributed by atoms with Crippen LogP contribution in [-0.2, 0) is 9.53 Å². The molecule has 8 heteroatoms. The molecule has 0 amide bonds. The summed E-state index contributed by atoms with van der Waals surface area (Å²) in [7, 11) is 1.81. The van der Waals surface area contributed by atoms with E-state index in [2.05, 4.69) is 9.80 Å². The highest BCUT2D eigenvalue weighted by Gasteiger charge is 2.28. The third-order valence-electron chi connectivity index (χ3n) is 5.55. The topological polar surface area (TPSA) is 82.0 Å². The standard InChI is InChI=1S/C21H29N5O3/c1-24(15-19(27)28)13-16-14-26(11-12-29-16)21-20(25-9-5-2-6-10-25)22-17-7-3-4-8-18(17)23-21/h3-4,7-8,16H,2,5-6,9-15H2,1H3,(H,27,28). The summed E-state index contributed by atoms with van der Waals surface area (Å²) < 4.78 is 5.92. The normalized spacial score (nSPS) is 20.4. The summed E-state index contributed by atoms with van der Waals surface area (Å²) in [4.78, 5) is 27.4. The Kier molecular flexibility index (Phi) is 6.10. The SMILES string of the molecule is CN(CC(=O)O)CC1CN(c2nc3ccccc3nc2N2CCCCC2)CCO1. The Bertz CT molecular complexity index is 855. The molecule has 0 radical (unpaired) electrons. The zero-order valence-electron chi connectivity index (χ0n) is 17.0. The Hall–Kier alpha value is -2.45. The molecule has 2 fully saturated rings. The van der Waals surface area contributed by atoms with Gasteiger partial charge in [-0.2, -0.15) is 0 Å². The maximum Gasteiger partial charge on any atom is 0.317 e. The summed E-state index contributed by atoms with van der Waals surface area (Å²) in [5, 5.41) is 9.01. The lowest BCUT2D eigenvalue weighted by Gasteiger charge is -2.38. The Morgan fingerprint density at radius 2 is 1.76 bits per heavy atom. The van der Waals surface area contributed by atoms with Crippen molar-refractivity contribution in [2.24, 2.45) is 0 Å². The first-order valence-corrected chi connectivity index (χ1v) is 10.4. The van der Waals surface area contributed by atoms with Crippen LogP contribution in [0.5, 0.6) is 0 Å². The number of aromatic nitrogens is 2. The van der Waals surface area contributed by atoms with E-state index >= 15 is 0 Å². The Morgan fingerprint density at radius 1 is 1.10 bits per heavy atom. The highest BCUT2D eigenvalue weighted by molar-refractivity contribution is 5.81. The monoisotopic (exact) mass is 399 g/mol. The first-order chi connectivity index (χ1) is 14.1. The Labute approximate surface area is 171 Å². The molecule has 8 nitrogen and oxygen atoms in total. The molecule has 0 saturated carbocycles. The van der Waals surface area contributed by atoms with Crippen molar-refractivity contribution in [3.63, 3.8) is 0 Å². The van der Waals surface area contributed by atoms with Crippen molar-refractivity contribution in [1.82, 2.24) is 14.9 Å². The van der Waals surface area contributed by atoms with Gasteiger partial charge in [0.2, 0.25) is 0 Å². The fourth-order valence-electron chi connectivity index (χ4n) is 4.18. The third kappa shape index (κ3) is 4.76. The van der Waals surface area contributed by atoms with Crippen molar-refractivity contribution >= 4 is 28.6 Å². The predicted octanol–water partition coefficient (Wildman–Crippen LogP) is 1.84. The van der Waals surface area contributed by atoms with Gasteiger partial charge in [-0.15, -0.1) is 0 Å². The molecule has 4 rings (SSSR count). The van der Waals surface area contributed by atoms with Crippen LogP contribution in [0.3, 0.4) is 0 Å². The molecule has 156 valence electrons. The van der Waals surface area contributed by atoms with Gasteiger partial charge in [0.05, 0.1) is 30.3 Å². The van der Waals surface area contributed by atoms with E-state index in [1.165, 1.54) is 19.3 Å². The maximum atomic E-state index is 11.0. The quantitative estimate of drug-likeness (QED) is 0.788. The number of para-hydroxylation sites is 2. The second-order valence-electron chi connectivity index (χ2n) is 7.94. The number of rotatable bonds is 6. The zero-order chi connectivity index (χ0) is 20.2. The molecule has 1 aromatic carbocycles. The zero-order valence-corrected chi connectivity index (χ0v) is 17.0. The molecular weight excluding hydrogens is 370 g/mol. The number of anilines is 2. The lowest BCUT2D eigenvalue weighted by atomic mass is 10.1. The molecule has 1 unspecified atom stereocenters. The predicted molar refractivity (Wildman–Crippen MR) is 113 cm³/mol. The number of morpholine rings is 1. The number of hydrogen-bond acceptors (Lipinski definition) is 7. The second-order valence-corrected chi connectivity index (χ2v) is 7.94. The minimum absolute atomic E-state index is 0.00860. The van der Waals surface area contributed by atoms with E-state index in [1.54, 1.807) is 4.90 Å². The van der Waals surface area contributed by atoms with Crippen LogP contribution < -0.4 is 9.80 Å². The van der Waals surface area contributed by atoms with Crippen LogP contribution in [0.1, 0.15) is 19.3 Å². The molecule has 1 aromatic heterocycles. The van der Waals surface area contributed by atoms with Gasteiger partial charge in [-0.05, 0) is 38.4 Å². The maximum absolute atomic E-state index is 11.0. The van der Waals surface area contributed by atoms with Crippen molar-refractivity contribution in [1.29, 1.82) is 0 Å². The summed E-state index contributed by atoms with van der Waals surface area (Å²) in [5.74, 6) is 1.05. The molecule has 1 atom stereocenters. The summed E-state index contributed by atoms with van der Waals surface area (Å²) in [6.45, 7) is 4.63. The van der Waals surface area contributed by atoms with Gasteiger partial charge in [0, 0.05) is 32.7 Å². The van der Waals surface area contributed by atoms with Gasteiger partial charge in [-0.3, -0.25) is 9.69 Å². The number of nitrogens with zero attached hydrogens (tertiary/aromatic N) is 5. The molecule has 2 saturated heterocycles. The summed E-state index contributed by atoms with van der Waals surface area (Å²) >= 11 is 0. The van der Waals surface area contributed by atoms with Gasteiger partial charge in [0.15, 0.2) is 11.6 Å². The van der Waals surface area contributed by atoms with Gasteiger partial charge >= 0.3 is 5.97 Å². The molecular formula is C21H29N5O3. The van der Waals surface area contributed by atoms with Crippen molar-refractivity contribution in [3.8, 4) is 0 Å². The molecule has 2 aromatic rings. The molecule has 1 N–H and O–H groups in total. The Morgan fingerprint density at radius 3 is 2.41 bits per heavy atom. The van der Waals surface area contributed by atoms with Gasteiger partial charge in [-0.1, -0.05) is 12.1 Å². The number of ether oxygens (including phenoxy) is 1. The molecule has 3 heterocycles. The minimum Gasteiger partial charge on any atom is -0.480 e. The summed E-state index contributed by atoms with van der Waals surface area (Å²) in [6.07, 6.45) is 3.57. The number of piperidine rings is 1. The van der Waals surface area contributed by atoms with Crippen LogP contribution in [-0.4, -0.2) is 85.0 Å². The number of fused-ring (bicyclic) bond motifs is 1.